The van der Waals surface area contributed by atoms with Gasteiger partial charge in [0, 0.05) is 6.61 Å². The largest absolute Gasteiger partial charge is 0.457 e. The predicted octanol–water partition coefficient (Wildman–Crippen LogP) is 3.76. The van der Waals surface area contributed by atoms with E-state index in [0.29, 0.717) is 18.1 Å². The van der Waals surface area contributed by atoms with Gasteiger partial charge in [0.25, 0.3) is 0 Å². The fraction of sp³-hybridized carbons (Fsp3) is 0.333. The standard InChI is InChI=1S/C18H20O5S/c19-24(20,14-18-8-4-5-13-21-18)23-17-11-9-16(10-12-17)22-15-6-2-1-3-7-15/h1-3,6-7,9-12,18H,4-5,8,13-14H2/t18-/m0/s1. The minimum Gasteiger partial charge on any atom is -0.457 e. The third kappa shape index (κ3) is 4.97. The van der Waals surface area contributed by atoms with Crippen LogP contribution >= 0.6 is 0 Å². The molecule has 0 amide bonds. The molecule has 0 radical (unpaired) electrons. The van der Waals surface area contributed by atoms with Gasteiger partial charge in [0.2, 0.25) is 0 Å². The van der Waals surface area contributed by atoms with Crippen LogP contribution < -0.4 is 8.92 Å². The van der Waals surface area contributed by atoms with Crippen molar-refractivity contribution in [1.82, 2.24) is 0 Å². The maximum atomic E-state index is 12.1. The Morgan fingerprint density at radius 1 is 0.917 bits per heavy atom. The normalized spacial score (nSPS) is 18.1. The fourth-order valence-corrected chi connectivity index (χ4v) is 3.73. The van der Waals surface area contributed by atoms with Crippen molar-refractivity contribution in [2.75, 3.05) is 12.4 Å². The lowest BCUT2D eigenvalue weighted by molar-refractivity contribution is 0.0298. The van der Waals surface area contributed by atoms with Crippen molar-refractivity contribution in [3.05, 3.63) is 54.6 Å². The van der Waals surface area contributed by atoms with Crippen LogP contribution in [0.3, 0.4) is 0 Å². The van der Waals surface area contributed by atoms with Crippen molar-refractivity contribution in [3.8, 4) is 17.2 Å². The zero-order valence-electron chi connectivity index (χ0n) is 13.3. The number of ether oxygens (including phenoxy) is 2. The van der Waals surface area contributed by atoms with Crippen LogP contribution in [0.4, 0.5) is 0 Å². The minimum absolute atomic E-state index is 0.116. The molecule has 1 atom stereocenters. The van der Waals surface area contributed by atoms with Gasteiger partial charge in [-0.1, -0.05) is 18.2 Å². The number of hydrogen-bond donors (Lipinski definition) is 0. The lowest BCUT2D eigenvalue weighted by Gasteiger charge is -2.22. The summed E-state index contributed by atoms with van der Waals surface area (Å²) in [5.41, 5.74) is 0. The molecule has 2 aromatic carbocycles. The summed E-state index contributed by atoms with van der Waals surface area (Å²) < 4.78 is 40.5. The molecule has 6 heteroatoms. The van der Waals surface area contributed by atoms with E-state index in [1.165, 1.54) is 0 Å². The van der Waals surface area contributed by atoms with Crippen LogP contribution in [0.25, 0.3) is 0 Å². The monoisotopic (exact) mass is 348 g/mol. The summed E-state index contributed by atoms with van der Waals surface area (Å²) in [4.78, 5) is 0. The zero-order valence-corrected chi connectivity index (χ0v) is 14.1. The SMILES string of the molecule is O=S(=O)(C[C@@H]1CCCCO1)Oc1ccc(Oc2ccccc2)cc1. The van der Waals surface area contributed by atoms with Crippen molar-refractivity contribution in [2.24, 2.45) is 0 Å². The molecule has 24 heavy (non-hydrogen) atoms. The Labute approximate surface area is 142 Å². The second-order valence-corrected chi connectivity index (χ2v) is 7.30. The average molecular weight is 348 g/mol. The van der Waals surface area contributed by atoms with Crippen LogP contribution in [-0.2, 0) is 14.9 Å². The number of para-hydroxylation sites is 1. The van der Waals surface area contributed by atoms with Gasteiger partial charge in [-0.2, -0.15) is 8.42 Å². The van der Waals surface area contributed by atoms with Crippen LogP contribution in [0.2, 0.25) is 0 Å². The van der Waals surface area contributed by atoms with Crippen LogP contribution in [0.15, 0.2) is 54.6 Å². The second kappa shape index (κ2) is 7.68. The van der Waals surface area contributed by atoms with Gasteiger partial charge in [0.1, 0.15) is 23.0 Å². The first-order chi connectivity index (χ1) is 11.6. The van der Waals surface area contributed by atoms with Crippen molar-refractivity contribution >= 4 is 10.1 Å². The van der Waals surface area contributed by atoms with Gasteiger partial charge in [-0.05, 0) is 55.7 Å². The molecule has 5 nitrogen and oxygen atoms in total. The maximum Gasteiger partial charge on any atom is 0.311 e. The smallest absolute Gasteiger partial charge is 0.311 e. The fourth-order valence-electron chi connectivity index (χ4n) is 2.54. The summed E-state index contributed by atoms with van der Waals surface area (Å²) in [5, 5.41) is 0. The highest BCUT2D eigenvalue weighted by atomic mass is 32.2. The molecule has 0 spiro atoms. The number of rotatable bonds is 6. The van der Waals surface area contributed by atoms with Gasteiger partial charge in [-0.15, -0.1) is 0 Å². The van der Waals surface area contributed by atoms with Gasteiger partial charge in [0.05, 0.1) is 6.10 Å². The van der Waals surface area contributed by atoms with E-state index in [4.69, 9.17) is 13.7 Å². The third-order valence-electron chi connectivity index (χ3n) is 3.69. The summed E-state index contributed by atoms with van der Waals surface area (Å²) >= 11 is 0. The Morgan fingerprint density at radius 3 is 2.25 bits per heavy atom. The average Bonchev–Trinajstić information content (AvgIpc) is 2.58. The van der Waals surface area contributed by atoms with Gasteiger partial charge >= 0.3 is 10.1 Å². The Bertz CT molecular complexity index is 735. The Morgan fingerprint density at radius 2 is 1.58 bits per heavy atom. The van der Waals surface area contributed by atoms with Crippen molar-refractivity contribution in [1.29, 1.82) is 0 Å². The molecule has 1 heterocycles. The summed E-state index contributed by atoms with van der Waals surface area (Å²) in [7, 11) is -3.67. The molecule has 1 fully saturated rings. The zero-order chi connectivity index (χ0) is 16.8. The van der Waals surface area contributed by atoms with Gasteiger partial charge in [0.15, 0.2) is 0 Å². The van der Waals surface area contributed by atoms with Crippen LogP contribution in [-0.4, -0.2) is 26.9 Å². The molecule has 0 N–H and O–H groups in total. The summed E-state index contributed by atoms with van der Waals surface area (Å²) in [5.74, 6) is 1.48. The Kier molecular flexibility index (Phi) is 5.37. The molecule has 1 aliphatic heterocycles. The minimum atomic E-state index is -3.67. The van der Waals surface area contributed by atoms with E-state index in [-0.39, 0.29) is 17.6 Å². The maximum absolute atomic E-state index is 12.1. The van der Waals surface area contributed by atoms with Gasteiger partial charge in [-0.3, -0.25) is 0 Å². The lowest BCUT2D eigenvalue weighted by Crippen LogP contribution is -2.29. The molecular weight excluding hydrogens is 328 g/mol. The first kappa shape index (κ1) is 16.8. The lowest BCUT2D eigenvalue weighted by atomic mass is 10.1. The van der Waals surface area contributed by atoms with E-state index in [2.05, 4.69) is 0 Å². The highest BCUT2D eigenvalue weighted by molar-refractivity contribution is 7.87. The van der Waals surface area contributed by atoms with E-state index in [1.807, 2.05) is 30.3 Å². The van der Waals surface area contributed by atoms with E-state index >= 15 is 0 Å². The van der Waals surface area contributed by atoms with Gasteiger partial charge < -0.3 is 13.7 Å². The van der Waals surface area contributed by atoms with Crippen LogP contribution in [0, 0.1) is 0 Å². The van der Waals surface area contributed by atoms with Crippen molar-refractivity contribution in [3.63, 3.8) is 0 Å². The van der Waals surface area contributed by atoms with E-state index < -0.39 is 10.1 Å². The molecule has 0 aromatic heterocycles. The van der Waals surface area contributed by atoms with E-state index in [9.17, 15) is 8.42 Å². The number of hydrogen-bond acceptors (Lipinski definition) is 5. The Balaban J connectivity index is 1.58. The first-order valence-electron chi connectivity index (χ1n) is 7.97. The highest BCUT2D eigenvalue weighted by Crippen LogP contribution is 2.24. The first-order valence-corrected chi connectivity index (χ1v) is 9.55. The number of benzene rings is 2. The summed E-state index contributed by atoms with van der Waals surface area (Å²) in [6.45, 7) is 0.617. The molecule has 1 saturated heterocycles. The molecule has 2 aromatic rings. The molecule has 3 rings (SSSR count). The van der Waals surface area contributed by atoms with Crippen molar-refractivity contribution in [2.45, 2.75) is 25.4 Å². The van der Waals surface area contributed by atoms with Crippen molar-refractivity contribution < 1.29 is 22.1 Å². The topological polar surface area (TPSA) is 61.8 Å². The molecule has 128 valence electrons. The summed E-state index contributed by atoms with van der Waals surface area (Å²) in [6, 6.07) is 15.9. The molecule has 0 saturated carbocycles. The molecule has 0 aliphatic carbocycles. The summed E-state index contributed by atoms with van der Waals surface area (Å²) in [6.07, 6.45) is 2.46. The van der Waals surface area contributed by atoms with E-state index in [0.717, 1.165) is 19.3 Å². The predicted molar refractivity (Wildman–Crippen MR) is 91.0 cm³/mol. The molecular formula is C18H20O5S. The van der Waals surface area contributed by atoms with Crippen LogP contribution in [0.5, 0.6) is 17.2 Å². The molecule has 1 aliphatic rings. The quantitative estimate of drug-likeness (QED) is 0.744. The molecule has 0 bridgehead atoms. The molecule has 0 unspecified atom stereocenters. The van der Waals surface area contributed by atoms with E-state index in [1.54, 1.807) is 24.3 Å². The third-order valence-corrected chi connectivity index (χ3v) is 4.92. The highest BCUT2D eigenvalue weighted by Gasteiger charge is 2.23. The second-order valence-electron chi connectivity index (χ2n) is 5.68. The van der Waals surface area contributed by atoms with Gasteiger partial charge in [-0.25, -0.2) is 0 Å². The van der Waals surface area contributed by atoms with Crippen LogP contribution in [0.1, 0.15) is 19.3 Å². The Hall–Kier alpha value is -2.05.